The average Bonchev–Trinajstić information content (AvgIpc) is 3.17. The second-order valence-electron chi connectivity index (χ2n) is 15.7. The molecule has 2 aliphatic heterocycles. The van der Waals surface area contributed by atoms with E-state index in [1.807, 2.05) is 26.0 Å². The quantitative estimate of drug-likeness (QED) is 0.243. The van der Waals surface area contributed by atoms with E-state index in [0.29, 0.717) is 50.0 Å². The monoisotopic (exact) mass is 740 g/mol. The fourth-order valence-corrected chi connectivity index (χ4v) is 10.7. The third-order valence-electron chi connectivity index (χ3n) is 11.4. The smallest absolute Gasteiger partial charge is 0.327 e. The third-order valence-corrected chi connectivity index (χ3v) is 13.6. The zero-order chi connectivity index (χ0) is 36.6. The lowest BCUT2D eigenvalue weighted by atomic mass is 9.68. The molecule has 1 unspecified atom stereocenters. The molecule has 1 saturated heterocycles. The maximum atomic E-state index is 14.4. The van der Waals surface area contributed by atoms with E-state index in [1.165, 1.54) is 11.1 Å². The molecule has 10 nitrogen and oxygen atoms in total. The number of aliphatic hydroxyl groups is 1. The Morgan fingerprint density at radius 3 is 2.76 bits per heavy atom. The highest BCUT2D eigenvalue weighted by Crippen LogP contribution is 2.46. The standard InChI is InChI=1S/C39H53ClN4O6S/c1-6-34-33-17-26(3)36(45)42-51(48,43-37(46)41-30-19-38(4,47)20-30)22-25(2)9-7-11-35(49-5)31-14-12-28(31)21-44(33)23-39(24-50-34)16-8-10-27-18-29(40)13-15-32(27)39/h6-7,11,13,15,17-18,25,28,30-31,35,47H,3,8-10,12,14,16,19-24H2,1-2,4-5H3,(H2,41,42,43,45,46,48)/b11-7+,33-17?,34-6+/t25-,28-,30?,31+,35-,38?,39-,51?/m0/s1. The van der Waals surface area contributed by atoms with Crippen LogP contribution in [0.3, 0.4) is 0 Å². The molecule has 3 fully saturated rings. The van der Waals surface area contributed by atoms with Crippen LogP contribution < -0.4 is 10.0 Å². The summed E-state index contributed by atoms with van der Waals surface area (Å²) in [6.45, 7) is 11.5. The number of nitrogens with zero attached hydrogens (tertiary/aromatic N) is 2. The second-order valence-corrected chi connectivity index (χ2v) is 18.1. The van der Waals surface area contributed by atoms with Gasteiger partial charge in [0.2, 0.25) is 0 Å². The molecule has 1 spiro atoms. The van der Waals surface area contributed by atoms with Crippen molar-refractivity contribution < 1.29 is 28.4 Å². The van der Waals surface area contributed by atoms with Crippen LogP contribution in [-0.2, 0) is 36.0 Å². The number of allylic oxidation sites excluding steroid dienone is 2. The summed E-state index contributed by atoms with van der Waals surface area (Å²) < 4.78 is 33.8. The summed E-state index contributed by atoms with van der Waals surface area (Å²) in [5, 5.41) is 13.6. The summed E-state index contributed by atoms with van der Waals surface area (Å²) in [6.07, 6.45) is 14.1. The first kappa shape index (κ1) is 37.6. The van der Waals surface area contributed by atoms with Crippen molar-refractivity contribution in [2.24, 2.45) is 22.1 Å². The molecule has 1 aromatic carbocycles. The highest BCUT2D eigenvalue weighted by atomic mass is 35.5. The molecule has 5 aliphatic rings. The Balaban J connectivity index is 1.38. The van der Waals surface area contributed by atoms with Crippen molar-refractivity contribution in [1.29, 1.82) is 0 Å². The van der Waals surface area contributed by atoms with Gasteiger partial charge in [0.1, 0.15) is 15.7 Å². The molecule has 0 bridgehead atoms. The van der Waals surface area contributed by atoms with Gasteiger partial charge in [0.05, 0.1) is 29.8 Å². The second kappa shape index (κ2) is 15.1. The van der Waals surface area contributed by atoms with Crippen LogP contribution in [0.2, 0.25) is 5.02 Å². The number of halogens is 1. The zero-order valence-corrected chi connectivity index (χ0v) is 31.9. The van der Waals surface area contributed by atoms with Crippen LogP contribution in [0.4, 0.5) is 4.79 Å². The molecule has 6 atom stereocenters. The molecule has 3 aliphatic carbocycles. The Morgan fingerprint density at radius 2 is 2.08 bits per heavy atom. The van der Waals surface area contributed by atoms with E-state index in [9.17, 15) is 18.9 Å². The van der Waals surface area contributed by atoms with E-state index >= 15 is 0 Å². The molecule has 0 radical (unpaired) electrons. The Kier molecular flexibility index (Phi) is 11.1. The van der Waals surface area contributed by atoms with E-state index < -0.39 is 27.5 Å². The largest absolute Gasteiger partial charge is 0.491 e. The first-order valence-corrected chi connectivity index (χ1v) is 20.3. The number of amides is 3. The third kappa shape index (κ3) is 8.42. The maximum absolute atomic E-state index is 14.4. The van der Waals surface area contributed by atoms with Gasteiger partial charge in [0.25, 0.3) is 5.91 Å². The summed E-state index contributed by atoms with van der Waals surface area (Å²) in [5.74, 6) is 0.336. The molecule has 51 heavy (non-hydrogen) atoms. The number of benzene rings is 1. The number of rotatable bonds is 3. The van der Waals surface area contributed by atoms with Gasteiger partial charge in [-0.15, -0.1) is 4.36 Å². The lowest BCUT2D eigenvalue weighted by Crippen LogP contribution is -2.56. The highest BCUT2D eigenvalue weighted by Gasteiger charge is 2.45. The minimum Gasteiger partial charge on any atom is -0.491 e. The zero-order valence-electron chi connectivity index (χ0n) is 30.3. The van der Waals surface area contributed by atoms with Gasteiger partial charge in [0, 0.05) is 42.3 Å². The van der Waals surface area contributed by atoms with Crippen molar-refractivity contribution in [3.8, 4) is 0 Å². The van der Waals surface area contributed by atoms with Crippen LogP contribution in [0.15, 0.2) is 70.5 Å². The van der Waals surface area contributed by atoms with Crippen LogP contribution in [0.5, 0.6) is 0 Å². The Morgan fingerprint density at radius 1 is 1.29 bits per heavy atom. The Labute approximate surface area is 308 Å². The van der Waals surface area contributed by atoms with Crippen molar-refractivity contribution in [3.63, 3.8) is 0 Å². The number of fused-ring (bicyclic) bond motifs is 4. The van der Waals surface area contributed by atoms with Crippen LogP contribution in [0, 0.1) is 17.8 Å². The van der Waals surface area contributed by atoms with Gasteiger partial charge in [-0.05, 0) is 118 Å². The van der Waals surface area contributed by atoms with E-state index in [1.54, 1.807) is 20.1 Å². The summed E-state index contributed by atoms with van der Waals surface area (Å²) in [6, 6.07) is 5.23. The van der Waals surface area contributed by atoms with E-state index in [0.717, 1.165) is 49.4 Å². The molecule has 6 rings (SSSR count). The molecule has 3 amide bonds. The van der Waals surface area contributed by atoms with E-state index in [-0.39, 0.29) is 34.8 Å². The number of carbonyl (C=O) groups is 2. The minimum atomic E-state index is -3.56. The number of ether oxygens (including phenoxy) is 2. The fourth-order valence-electron chi connectivity index (χ4n) is 8.67. The first-order valence-electron chi connectivity index (χ1n) is 18.3. The first-order chi connectivity index (χ1) is 24.2. The lowest BCUT2D eigenvalue weighted by molar-refractivity contribution is -0.113. The van der Waals surface area contributed by atoms with Crippen molar-refractivity contribution in [2.45, 2.75) is 95.3 Å². The van der Waals surface area contributed by atoms with Crippen LogP contribution in [-0.4, -0.2) is 76.5 Å². The predicted molar refractivity (Wildman–Crippen MR) is 200 cm³/mol. The SMILES string of the molecule is C=C1C=C2/C(=C\C)OC[C@]3(CCCc4cc(Cl)ccc43)CN2C[C@@H]2CC[C@H]2[C@@H](OC)/C=C/C[C@H](C)CS(=O)(NC(=O)NC2CC(C)(O)C2)=NC1=O. The number of hydrogen-bond acceptors (Lipinski definition) is 7. The molecule has 1 aromatic rings. The molecule has 2 heterocycles. The molecule has 12 heteroatoms. The van der Waals surface area contributed by atoms with Crippen LogP contribution in [0.25, 0.3) is 0 Å². The Bertz CT molecular complexity index is 1750. The fraction of sp³-hybridized carbons (Fsp3) is 0.590. The topological polar surface area (TPSA) is 130 Å². The Hall–Kier alpha value is -3.12. The number of hydrogen-bond donors (Lipinski definition) is 3. The summed E-state index contributed by atoms with van der Waals surface area (Å²) in [5.41, 5.74) is 2.13. The maximum Gasteiger partial charge on any atom is 0.327 e. The normalized spacial score (nSPS) is 37.2. The number of urea groups is 1. The van der Waals surface area contributed by atoms with Crippen molar-refractivity contribution in [3.05, 3.63) is 82.3 Å². The van der Waals surface area contributed by atoms with E-state index in [2.05, 4.69) is 50.2 Å². The highest BCUT2D eigenvalue weighted by molar-refractivity contribution is 7.92. The summed E-state index contributed by atoms with van der Waals surface area (Å²) in [4.78, 5) is 29.2. The molecular formula is C39H53ClN4O6S. The average molecular weight is 741 g/mol. The number of aryl methyl sites for hydroxylation is 1. The van der Waals surface area contributed by atoms with Gasteiger partial charge in [-0.25, -0.2) is 9.00 Å². The lowest BCUT2D eigenvalue weighted by Gasteiger charge is -2.46. The molecule has 0 aromatic heterocycles. The van der Waals surface area contributed by atoms with Gasteiger partial charge in [-0.2, -0.15) is 0 Å². The van der Waals surface area contributed by atoms with Gasteiger partial charge in [0.15, 0.2) is 0 Å². The molecule has 3 N–H and O–H groups in total. The van der Waals surface area contributed by atoms with Crippen molar-refractivity contribution >= 4 is 33.5 Å². The van der Waals surface area contributed by atoms with E-state index in [4.69, 9.17) is 21.1 Å². The minimum absolute atomic E-state index is 0.0340. The molecular weight excluding hydrogens is 688 g/mol. The van der Waals surface area contributed by atoms with Crippen LogP contribution in [0.1, 0.15) is 76.8 Å². The summed E-state index contributed by atoms with van der Waals surface area (Å²) >= 11 is 6.45. The van der Waals surface area contributed by atoms with Crippen molar-refractivity contribution in [1.82, 2.24) is 14.9 Å². The summed E-state index contributed by atoms with van der Waals surface area (Å²) in [7, 11) is -1.81. The molecule has 2 saturated carbocycles. The number of carbonyl (C=O) groups excluding carboxylic acids is 2. The predicted octanol–water partition coefficient (Wildman–Crippen LogP) is 6.35. The molecule has 278 valence electrons. The van der Waals surface area contributed by atoms with Gasteiger partial charge in [-0.3, -0.25) is 9.52 Å². The van der Waals surface area contributed by atoms with Gasteiger partial charge in [-0.1, -0.05) is 43.3 Å². The van der Waals surface area contributed by atoms with Crippen LogP contribution >= 0.6 is 11.6 Å². The van der Waals surface area contributed by atoms with Gasteiger partial charge < -0.3 is 24.8 Å². The number of methoxy groups -OCH3 is 1. The van der Waals surface area contributed by atoms with Crippen molar-refractivity contribution in [2.75, 3.05) is 32.6 Å². The number of nitrogens with one attached hydrogen (secondary N) is 2. The van der Waals surface area contributed by atoms with Gasteiger partial charge >= 0.3 is 6.03 Å².